The van der Waals surface area contributed by atoms with Crippen LogP contribution >= 0.6 is 11.8 Å². The third kappa shape index (κ3) is 4.03. The third-order valence-electron chi connectivity index (χ3n) is 2.50. The maximum absolute atomic E-state index is 13.7. The Balaban J connectivity index is 3.47. The van der Waals surface area contributed by atoms with Gasteiger partial charge in [-0.2, -0.15) is 0 Å². The summed E-state index contributed by atoms with van der Waals surface area (Å²) in [6.45, 7) is 3.19. The van der Waals surface area contributed by atoms with Crippen LogP contribution in [0.4, 0.5) is 13.2 Å². The molecule has 0 aliphatic rings. The molecular formula is C14H14F3NO3S. The molecule has 1 rings (SSSR count). The second kappa shape index (κ2) is 7.88. The molecule has 2 N–H and O–H groups in total. The molecule has 0 aliphatic heterocycles. The molecule has 0 aliphatic carbocycles. The molecule has 0 saturated carbocycles. The van der Waals surface area contributed by atoms with Crippen molar-refractivity contribution >= 4 is 28.5 Å². The summed E-state index contributed by atoms with van der Waals surface area (Å²) < 4.78 is 44.6. The molecule has 120 valence electrons. The van der Waals surface area contributed by atoms with E-state index in [0.717, 1.165) is 11.8 Å². The number of hydrogen-bond acceptors (Lipinski definition) is 5. The number of thioether (sulfide) groups is 1. The van der Waals surface area contributed by atoms with Crippen LogP contribution in [0.25, 0.3) is 5.76 Å². The summed E-state index contributed by atoms with van der Waals surface area (Å²) >= 11 is 0.904. The van der Waals surface area contributed by atoms with Crippen LogP contribution < -0.4 is 0 Å². The molecule has 1 aromatic rings. The second-order valence-corrected chi connectivity index (χ2v) is 5.23. The molecule has 4 nitrogen and oxygen atoms in total. The number of ether oxygens (including phenoxy) is 1. The van der Waals surface area contributed by atoms with Crippen molar-refractivity contribution in [3.63, 3.8) is 0 Å². The van der Waals surface area contributed by atoms with Crippen LogP contribution in [0, 0.1) is 22.9 Å². The first kappa shape index (κ1) is 18.1. The summed E-state index contributed by atoms with van der Waals surface area (Å²) in [6, 6.07) is 0.670. The van der Waals surface area contributed by atoms with Crippen LogP contribution in [0.1, 0.15) is 19.4 Å². The number of benzene rings is 1. The minimum atomic E-state index is -1.43. The molecule has 0 atom stereocenters. The second-order valence-electron chi connectivity index (χ2n) is 3.95. The predicted octanol–water partition coefficient (Wildman–Crippen LogP) is 3.67. The Bertz CT molecular complexity index is 612. The maximum Gasteiger partial charge on any atom is 0.344 e. The molecule has 0 unspecified atom stereocenters. The number of aliphatic hydroxyl groups is 1. The minimum absolute atomic E-state index is 0.0278. The van der Waals surface area contributed by atoms with Gasteiger partial charge in [-0.1, -0.05) is 6.92 Å². The largest absolute Gasteiger partial charge is 0.506 e. The summed E-state index contributed by atoms with van der Waals surface area (Å²) in [6.07, 6.45) is 0. The van der Waals surface area contributed by atoms with Gasteiger partial charge in [-0.25, -0.2) is 18.0 Å². The van der Waals surface area contributed by atoms with E-state index >= 15 is 0 Å². The number of hydrogen-bond donors (Lipinski definition) is 2. The Morgan fingerprint density at radius 2 is 1.82 bits per heavy atom. The van der Waals surface area contributed by atoms with Gasteiger partial charge in [0.1, 0.15) is 22.2 Å². The Labute approximate surface area is 129 Å². The molecule has 0 saturated heterocycles. The Hall–Kier alpha value is -1.96. The van der Waals surface area contributed by atoms with Crippen molar-refractivity contribution in [2.24, 2.45) is 0 Å². The first-order valence-corrected chi connectivity index (χ1v) is 7.28. The van der Waals surface area contributed by atoms with E-state index in [2.05, 4.69) is 0 Å². The molecule has 22 heavy (non-hydrogen) atoms. The molecule has 0 aromatic heterocycles. The van der Waals surface area contributed by atoms with Gasteiger partial charge in [0.05, 0.1) is 12.2 Å². The van der Waals surface area contributed by atoms with E-state index in [9.17, 15) is 23.1 Å². The van der Waals surface area contributed by atoms with E-state index in [1.807, 2.05) is 0 Å². The highest BCUT2D eigenvalue weighted by Gasteiger charge is 2.25. The van der Waals surface area contributed by atoms with Gasteiger partial charge in [-0.05, 0) is 18.7 Å². The smallest absolute Gasteiger partial charge is 0.344 e. The number of esters is 1. The van der Waals surface area contributed by atoms with Crippen molar-refractivity contribution < 1.29 is 27.8 Å². The lowest BCUT2D eigenvalue weighted by atomic mass is 10.1. The van der Waals surface area contributed by atoms with E-state index in [1.165, 1.54) is 6.92 Å². The monoisotopic (exact) mass is 333 g/mol. The van der Waals surface area contributed by atoms with E-state index in [0.29, 0.717) is 11.8 Å². The van der Waals surface area contributed by atoms with Gasteiger partial charge in [0.2, 0.25) is 0 Å². The predicted molar refractivity (Wildman–Crippen MR) is 78.4 cm³/mol. The van der Waals surface area contributed by atoms with Crippen LogP contribution in [0.5, 0.6) is 0 Å². The molecular weight excluding hydrogens is 319 g/mol. The van der Waals surface area contributed by atoms with Crippen LogP contribution in [0.3, 0.4) is 0 Å². The van der Waals surface area contributed by atoms with Gasteiger partial charge >= 0.3 is 5.97 Å². The van der Waals surface area contributed by atoms with Gasteiger partial charge in [-0.3, -0.25) is 5.41 Å². The molecule has 0 fully saturated rings. The third-order valence-corrected chi connectivity index (χ3v) is 3.28. The molecule has 0 heterocycles. The first-order valence-electron chi connectivity index (χ1n) is 6.30. The highest BCUT2D eigenvalue weighted by molar-refractivity contribution is 8.14. The fraction of sp³-hybridized carbons (Fsp3) is 0.286. The van der Waals surface area contributed by atoms with Crippen molar-refractivity contribution in [3.8, 4) is 0 Å². The lowest BCUT2D eigenvalue weighted by Gasteiger charge is -2.11. The Morgan fingerprint density at radius 3 is 2.36 bits per heavy atom. The van der Waals surface area contributed by atoms with Crippen LogP contribution in [-0.4, -0.2) is 28.5 Å². The highest BCUT2D eigenvalue weighted by atomic mass is 32.2. The van der Waals surface area contributed by atoms with Gasteiger partial charge in [0.25, 0.3) is 0 Å². The van der Waals surface area contributed by atoms with Crippen molar-refractivity contribution in [3.05, 3.63) is 40.7 Å². The fourth-order valence-corrected chi connectivity index (χ4v) is 2.17. The standard InChI is InChI=1S/C14H14F3NO3S/c1-3-21-14(20)11(13(18)22-4-2)12(19)7-5-9(16)10(17)6-8(7)15/h5-6,18-19H,3-4H2,1-2H3/b12-11+,18-13?. The van der Waals surface area contributed by atoms with Crippen molar-refractivity contribution in [2.45, 2.75) is 13.8 Å². The van der Waals surface area contributed by atoms with Gasteiger partial charge < -0.3 is 9.84 Å². The normalized spacial score (nSPS) is 11.9. The fourth-order valence-electron chi connectivity index (χ4n) is 1.56. The quantitative estimate of drug-likeness (QED) is 0.215. The minimum Gasteiger partial charge on any atom is -0.506 e. The van der Waals surface area contributed by atoms with Crippen molar-refractivity contribution in [1.29, 1.82) is 5.41 Å². The lowest BCUT2D eigenvalue weighted by Crippen LogP contribution is -2.16. The van der Waals surface area contributed by atoms with Gasteiger partial charge in [0, 0.05) is 6.07 Å². The molecule has 0 spiro atoms. The summed E-state index contributed by atoms with van der Waals surface area (Å²) in [5, 5.41) is 17.5. The van der Waals surface area contributed by atoms with Gasteiger partial charge in [-0.15, -0.1) is 11.8 Å². The van der Waals surface area contributed by atoms with E-state index < -0.39 is 40.3 Å². The van der Waals surface area contributed by atoms with Crippen LogP contribution in [0.2, 0.25) is 0 Å². The van der Waals surface area contributed by atoms with E-state index in [4.69, 9.17) is 10.1 Å². The first-order chi connectivity index (χ1) is 10.3. The molecule has 0 radical (unpaired) electrons. The number of carbonyl (C=O) groups excluding carboxylic acids is 1. The summed E-state index contributed by atoms with van der Waals surface area (Å²) in [4.78, 5) is 11.9. The highest BCUT2D eigenvalue weighted by Crippen LogP contribution is 2.26. The molecule has 8 heteroatoms. The Morgan fingerprint density at radius 1 is 1.23 bits per heavy atom. The zero-order valence-electron chi connectivity index (χ0n) is 11.9. The van der Waals surface area contributed by atoms with Crippen molar-refractivity contribution in [2.75, 3.05) is 12.4 Å². The summed E-state index contributed by atoms with van der Waals surface area (Å²) in [7, 11) is 0. The summed E-state index contributed by atoms with van der Waals surface area (Å²) in [5.41, 5.74) is -1.32. The number of nitrogens with one attached hydrogen (secondary N) is 1. The zero-order chi connectivity index (χ0) is 16.9. The van der Waals surface area contributed by atoms with E-state index in [-0.39, 0.29) is 17.7 Å². The van der Waals surface area contributed by atoms with Crippen LogP contribution in [0.15, 0.2) is 17.7 Å². The topological polar surface area (TPSA) is 70.4 Å². The summed E-state index contributed by atoms with van der Waals surface area (Å²) in [5.74, 6) is -5.68. The SMILES string of the molecule is CCOC(=O)/C(C(=N)SCC)=C(/O)c1cc(F)c(F)cc1F. The zero-order valence-corrected chi connectivity index (χ0v) is 12.7. The maximum atomic E-state index is 13.7. The number of halogens is 3. The van der Waals surface area contributed by atoms with E-state index in [1.54, 1.807) is 6.92 Å². The lowest BCUT2D eigenvalue weighted by molar-refractivity contribution is -0.137. The van der Waals surface area contributed by atoms with Crippen molar-refractivity contribution in [1.82, 2.24) is 0 Å². The van der Waals surface area contributed by atoms with Gasteiger partial charge in [0.15, 0.2) is 11.6 Å². The number of rotatable bonds is 5. The number of aliphatic hydroxyl groups excluding tert-OH is 1. The average molecular weight is 333 g/mol. The molecule has 0 amide bonds. The average Bonchev–Trinajstić information content (AvgIpc) is 2.43. The Kier molecular flexibility index (Phi) is 6.48. The number of carbonyl (C=O) groups is 1. The molecule has 0 bridgehead atoms. The molecule has 1 aromatic carbocycles. The van der Waals surface area contributed by atoms with Crippen LogP contribution in [-0.2, 0) is 9.53 Å².